The highest BCUT2D eigenvalue weighted by Gasteiger charge is 2.37. The zero-order valence-corrected chi connectivity index (χ0v) is 26.6. The molecule has 1 aliphatic carbocycles. The number of alkyl halides is 3. The van der Waals surface area contributed by atoms with Gasteiger partial charge in [-0.05, 0) is 83.6 Å². The molecule has 0 bridgehead atoms. The minimum absolute atomic E-state index is 0.0470. The summed E-state index contributed by atoms with van der Waals surface area (Å²) in [7, 11) is 0. The number of hydrogen-bond donors (Lipinski definition) is 3. The van der Waals surface area contributed by atoms with Crippen molar-refractivity contribution in [2.75, 3.05) is 0 Å². The van der Waals surface area contributed by atoms with Gasteiger partial charge in [0.2, 0.25) is 5.88 Å². The largest absolute Gasteiger partial charge is 0.493 e. The minimum atomic E-state index is -4.67. The van der Waals surface area contributed by atoms with Gasteiger partial charge in [-0.15, -0.1) is 0 Å². The van der Waals surface area contributed by atoms with Crippen molar-refractivity contribution < 1.29 is 28.2 Å². The average molecular weight is 663 g/mol. The van der Waals surface area contributed by atoms with E-state index >= 15 is 0 Å². The maximum atomic E-state index is 14.0. The molecule has 3 N–H and O–H groups in total. The third kappa shape index (κ3) is 7.27. The second-order valence-electron chi connectivity index (χ2n) is 12.8. The summed E-state index contributed by atoms with van der Waals surface area (Å²) in [5.41, 5.74) is -0.173. The number of rotatable bonds is 7. The number of carbonyl (C=O) groups is 1. The van der Waals surface area contributed by atoms with Crippen LogP contribution in [-0.4, -0.2) is 33.1 Å². The van der Waals surface area contributed by atoms with Gasteiger partial charge in [-0.2, -0.15) is 23.4 Å². The fraction of sp³-hybridized carbons (Fsp3) is 0.438. The van der Waals surface area contributed by atoms with E-state index in [1.807, 2.05) is 20.8 Å². The Kier molecular flexibility index (Phi) is 9.19. The Balaban J connectivity index is 1.48. The fourth-order valence-corrected chi connectivity index (χ4v) is 7.58. The number of thiazole rings is 1. The van der Waals surface area contributed by atoms with Crippen molar-refractivity contribution in [3.05, 3.63) is 83.2 Å². The number of fused-ring (bicyclic) bond motifs is 1. The summed E-state index contributed by atoms with van der Waals surface area (Å²) in [5, 5.41) is 32.5. The highest BCUT2D eigenvalue weighted by molar-refractivity contribution is 7.10. The molecule has 1 saturated carbocycles. The molecule has 5 rings (SSSR count). The number of nitrogens with zero attached hydrogens (tertiary/aromatic N) is 3. The standard InChI is InChI=1S/C32H34ClF3N4O4S/c1-31(2,3)27(38-29(42)43)18-6-4-17(5-7-18)16-40-28(41)26(45-30(40)44)23(19-9-11-25-21(12-19)15-37-39-25)13-20-8-10-22(33)14-24(20)32(34,35)36/h8-12,14-15,17-18,27,38,41H,4-7,13,16H2,1-3H3,(H,42,43). The molecule has 0 spiro atoms. The minimum Gasteiger partial charge on any atom is -0.493 e. The SMILES string of the molecule is CC(C)(C)C(NC(=O)O)C1CCC(Cn2c(O)c(C(Cc3ccc(Cl)cc3C(F)(F)F)=c3ccc4c(c3)C=NN=4)sc2=O)CC1. The third-order valence-corrected chi connectivity index (χ3v) is 9.90. The number of nitrogens with one attached hydrogen (secondary N) is 1. The van der Waals surface area contributed by atoms with Gasteiger partial charge in [0.25, 0.3) is 0 Å². The first-order chi connectivity index (χ1) is 21.1. The van der Waals surface area contributed by atoms with Crippen LogP contribution in [0.3, 0.4) is 0 Å². The first kappa shape index (κ1) is 32.7. The lowest BCUT2D eigenvalue weighted by Crippen LogP contribution is -2.49. The van der Waals surface area contributed by atoms with E-state index in [0.717, 1.165) is 43.1 Å². The molecule has 1 amide bonds. The van der Waals surface area contributed by atoms with Gasteiger partial charge >= 0.3 is 17.1 Å². The number of aromatic hydroxyl groups is 1. The quantitative estimate of drug-likeness (QED) is 0.280. The number of amides is 1. The van der Waals surface area contributed by atoms with Gasteiger partial charge in [-0.3, -0.25) is 9.36 Å². The molecular formula is C32H34ClF3N4O4S. The first-order valence-corrected chi connectivity index (χ1v) is 15.8. The predicted molar refractivity (Wildman–Crippen MR) is 168 cm³/mol. The molecule has 2 aromatic carbocycles. The first-order valence-electron chi connectivity index (χ1n) is 14.6. The molecule has 8 nitrogen and oxygen atoms in total. The number of halogens is 4. The van der Waals surface area contributed by atoms with Crippen LogP contribution in [0.5, 0.6) is 5.88 Å². The average Bonchev–Trinajstić information content (AvgIpc) is 3.54. The van der Waals surface area contributed by atoms with E-state index in [4.69, 9.17) is 11.6 Å². The van der Waals surface area contributed by atoms with Crippen LogP contribution in [0.25, 0.3) is 5.57 Å². The van der Waals surface area contributed by atoms with Crippen LogP contribution in [0.1, 0.15) is 68.0 Å². The topological polar surface area (TPSA) is 116 Å². The molecule has 13 heteroatoms. The van der Waals surface area contributed by atoms with Crippen LogP contribution in [-0.2, 0) is 19.1 Å². The van der Waals surface area contributed by atoms with Crippen LogP contribution in [0.2, 0.25) is 5.02 Å². The third-order valence-electron chi connectivity index (χ3n) is 8.64. The van der Waals surface area contributed by atoms with Gasteiger partial charge in [-0.25, -0.2) is 4.79 Å². The van der Waals surface area contributed by atoms with Crippen molar-refractivity contribution >= 4 is 40.8 Å². The second-order valence-corrected chi connectivity index (χ2v) is 14.2. The summed E-state index contributed by atoms with van der Waals surface area (Å²) in [5.74, 6) is -0.0892. The van der Waals surface area contributed by atoms with E-state index in [2.05, 4.69) is 15.5 Å². The van der Waals surface area contributed by atoms with E-state index in [1.54, 1.807) is 24.4 Å². The Morgan fingerprint density at radius 3 is 2.49 bits per heavy atom. The van der Waals surface area contributed by atoms with Crippen molar-refractivity contribution in [3.8, 4) is 5.88 Å². The van der Waals surface area contributed by atoms with Gasteiger partial charge in [0, 0.05) is 29.6 Å². The van der Waals surface area contributed by atoms with Crippen LogP contribution in [0, 0.1) is 17.3 Å². The summed E-state index contributed by atoms with van der Waals surface area (Å²) in [6, 6.07) is 8.48. The van der Waals surface area contributed by atoms with Gasteiger partial charge in [-0.1, -0.05) is 55.8 Å². The van der Waals surface area contributed by atoms with E-state index in [-0.39, 0.29) is 57.6 Å². The Bertz CT molecular complexity index is 1820. The van der Waals surface area contributed by atoms with Crippen molar-refractivity contribution in [3.63, 3.8) is 0 Å². The van der Waals surface area contributed by atoms with Gasteiger partial charge in [0.1, 0.15) is 0 Å². The summed E-state index contributed by atoms with van der Waals surface area (Å²) in [6.45, 7) is 6.26. The van der Waals surface area contributed by atoms with Crippen LogP contribution >= 0.6 is 22.9 Å². The molecule has 2 heterocycles. The normalized spacial score (nSPS) is 19.5. The molecule has 0 radical (unpaired) electrons. The lowest BCUT2D eigenvalue weighted by atomic mass is 9.71. The maximum Gasteiger partial charge on any atom is 0.416 e. The van der Waals surface area contributed by atoms with E-state index < -0.39 is 22.7 Å². The zero-order valence-electron chi connectivity index (χ0n) is 25.0. The monoisotopic (exact) mass is 662 g/mol. The molecule has 1 unspecified atom stereocenters. The molecule has 240 valence electrons. The Hall–Kier alpha value is -3.64. The lowest BCUT2D eigenvalue weighted by Gasteiger charge is -2.40. The number of aromatic nitrogens is 1. The number of hydrogen-bond acceptors (Lipinski definition) is 6. The number of carboxylic acid groups (broad SMARTS) is 1. The summed E-state index contributed by atoms with van der Waals surface area (Å²) < 4.78 is 43.4. The Morgan fingerprint density at radius 1 is 1.13 bits per heavy atom. The number of benzene rings is 2. The lowest BCUT2D eigenvalue weighted by molar-refractivity contribution is -0.138. The van der Waals surface area contributed by atoms with E-state index in [9.17, 15) is 33.0 Å². The van der Waals surface area contributed by atoms with Gasteiger partial charge in [0.05, 0.1) is 22.0 Å². The smallest absolute Gasteiger partial charge is 0.416 e. The summed E-state index contributed by atoms with van der Waals surface area (Å²) in [6.07, 6.45) is -1.41. The second kappa shape index (κ2) is 12.6. The van der Waals surface area contributed by atoms with Gasteiger partial charge < -0.3 is 15.5 Å². The van der Waals surface area contributed by atoms with Crippen LogP contribution < -0.4 is 20.8 Å². The molecule has 0 saturated heterocycles. The summed E-state index contributed by atoms with van der Waals surface area (Å²) >= 11 is 6.72. The molecule has 3 aromatic rings. The van der Waals surface area contributed by atoms with Crippen molar-refractivity contribution in [1.29, 1.82) is 0 Å². The van der Waals surface area contributed by atoms with Crippen LogP contribution in [0.4, 0.5) is 18.0 Å². The highest BCUT2D eigenvalue weighted by atomic mass is 35.5. The Labute approximate surface area is 266 Å². The van der Waals surface area contributed by atoms with Crippen LogP contribution in [0.15, 0.2) is 51.4 Å². The molecule has 1 aliphatic heterocycles. The fourth-order valence-electron chi connectivity index (χ4n) is 6.45. The molecule has 1 atom stereocenters. The molecule has 1 fully saturated rings. The maximum absolute atomic E-state index is 14.0. The van der Waals surface area contributed by atoms with Gasteiger partial charge in [0.15, 0.2) is 0 Å². The van der Waals surface area contributed by atoms with Crippen molar-refractivity contribution in [2.24, 2.45) is 27.5 Å². The molecule has 1 aromatic heterocycles. The van der Waals surface area contributed by atoms with Crippen molar-refractivity contribution in [2.45, 2.75) is 71.6 Å². The zero-order chi connectivity index (χ0) is 32.7. The van der Waals surface area contributed by atoms with E-state index in [1.165, 1.54) is 16.7 Å². The molecule has 2 aliphatic rings. The molecule has 45 heavy (non-hydrogen) atoms. The Morgan fingerprint density at radius 2 is 1.84 bits per heavy atom. The summed E-state index contributed by atoms with van der Waals surface area (Å²) in [4.78, 5) is 24.5. The van der Waals surface area contributed by atoms with E-state index in [0.29, 0.717) is 21.7 Å². The van der Waals surface area contributed by atoms with Crippen molar-refractivity contribution in [1.82, 2.24) is 9.88 Å². The molecular weight excluding hydrogens is 629 g/mol. The predicted octanol–water partition coefficient (Wildman–Crippen LogP) is 6.19. The highest BCUT2D eigenvalue weighted by Crippen LogP contribution is 2.40.